The number of nitrogens with zero attached hydrogens (tertiary/aromatic N) is 2. The number of ketones is 1. The first-order valence-corrected chi connectivity index (χ1v) is 6.17. The van der Waals surface area contributed by atoms with Gasteiger partial charge in [-0.2, -0.15) is 0 Å². The summed E-state index contributed by atoms with van der Waals surface area (Å²) in [5, 5.41) is 0.594. The fourth-order valence-corrected chi connectivity index (χ4v) is 2.22. The average Bonchev–Trinajstić information content (AvgIpc) is 2.46. The van der Waals surface area contributed by atoms with Crippen LogP contribution in [0.2, 0.25) is 0 Å². The van der Waals surface area contributed by atoms with E-state index in [2.05, 4.69) is 9.97 Å². The van der Waals surface area contributed by atoms with Crippen molar-refractivity contribution in [1.29, 1.82) is 0 Å². The normalized spacial score (nSPS) is 10.7. The van der Waals surface area contributed by atoms with Crippen LogP contribution < -0.4 is 0 Å². The molecule has 98 valence electrons. The van der Waals surface area contributed by atoms with E-state index in [0.717, 1.165) is 0 Å². The first kappa shape index (κ1) is 12.4. The van der Waals surface area contributed by atoms with Crippen molar-refractivity contribution >= 4 is 16.7 Å². The van der Waals surface area contributed by atoms with Crippen LogP contribution in [0.15, 0.2) is 48.8 Å². The Labute approximate surface area is 115 Å². The second kappa shape index (κ2) is 4.81. The summed E-state index contributed by atoms with van der Waals surface area (Å²) in [6.45, 7) is 1.47. The molecule has 2 aromatic heterocycles. The summed E-state index contributed by atoms with van der Waals surface area (Å²) in [6.07, 6.45) is 3.16. The molecule has 20 heavy (non-hydrogen) atoms. The van der Waals surface area contributed by atoms with E-state index in [-0.39, 0.29) is 11.6 Å². The molecule has 0 saturated heterocycles. The van der Waals surface area contributed by atoms with Gasteiger partial charge in [-0.3, -0.25) is 14.8 Å². The first-order valence-electron chi connectivity index (χ1n) is 6.17. The molecule has 0 N–H and O–H groups in total. The van der Waals surface area contributed by atoms with Crippen LogP contribution in [-0.2, 0) is 0 Å². The highest BCUT2D eigenvalue weighted by molar-refractivity contribution is 6.08. The highest BCUT2D eigenvalue weighted by atomic mass is 19.1. The molecule has 0 radical (unpaired) electrons. The molecule has 0 fully saturated rings. The maximum atomic E-state index is 13.5. The molecule has 3 aromatic rings. The van der Waals surface area contributed by atoms with Crippen LogP contribution in [0.3, 0.4) is 0 Å². The summed E-state index contributed by atoms with van der Waals surface area (Å²) in [5.74, 6) is -0.485. The summed E-state index contributed by atoms with van der Waals surface area (Å²) >= 11 is 0. The lowest BCUT2D eigenvalue weighted by atomic mass is 9.98. The zero-order chi connectivity index (χ0) is 14.1. The fourth-order valence-electron chi connectivity index (χ4n) is 2.22. The number of halogens is 1. The second-order valence-corrected chi connectivity index (χ2v) is 4.48. The molecular formula is C16H11FN2O. The van der Waals surface area contributed by atoms with Gasteiger partial charge in [0.1, 0.15) is 5.82 Å². The van der Waals surface area contributed by atoms with Crippen molar-refractivity contribution in [1.82, 2.24) is 9.97 Å². The highest BCUT2D eigenvalue weighted by Crippen LogP contribution is 2.30. The minimum absolute atomic E-state index is 0.121. The fraction of sp³-hybridized carbons (Fsp3) is 0.0625. The lowest BCUT2D eigenvalue weighted by Crippen LogP contribution is -2.00. The number of aromatic nitrogens is 2. The molecule has 3 rings (SSSR count). The third-order valence-electron chi connectivity index (χ3n) is 3.13. The van der Waals surface area contributed by atoms with Gasteiger partial charge < -0.3 is 0 Å². The Kier molecular flexibility index (Phi) is 2.99. The Morgan fingerprint density at radius 3 is 2.70 bits per heavy atom. The molecule has 0 unspecified atom stereocenters. The topological polar surface area (TPSA) is 42.9 Å². The predicted molar refractivity (Wildman–Crippen MR) is 74.9 cm³/mol. The summed E-state index contributed by atoms with van der Waals surface area (Å²) in [4.78, 5) is 20.3. The Balaban J connectivity index is 2.44. The van der Waals surface area contributed by atoms with Gasteiger partial charge >= 0.3 is 0 Å². The van der Waals surface area contributed by atoms with Gasteiger partial charge in [-0.15, -0.1) is 0 Å². The average molecular weight is 266 g/mol. The molecule has 4 heteroatoms. The summed E-state index contributed by atoms with van der Waals surface area (Å²) < 4.78 is 13.5. The third-order valence-corrected chi connectivity index (χ3v) is 3.13. The van der Waals surface area contributed by atoms with Gasteiger partial charge in [0.2, 0.25) is 0 Å². The van der Waals surface area contributed by atoms with Crippen molar-refractivity contribution in [2.45, 2.75) is 6.92 Å². The number of rotatable bonds is 2. The van der Waals surface area contributed by atoms with Crippen LogP contribution in [0.5, 0.6) is 0 Å². The van der Waals surface area contributed by atoms with Crippen LogP contribution in [0.4, 0.5) is 4.39 Å². The Bertz CT molecular complexity index is 800. The first-order chi connectivity index (χ1) is 9.66. The largest absolute Gasteiger partial charge is 0.294 e. The Morgan fingerprint density at radius 2 is 2.00 bits per heavy atom. The number of carbonyl (C=O) groups excluding carboxylic acids is 1. The quantitative estimate of drug-likeness (QED) is 0.665. The number of benzene rings is 1. The summed E-state index contributed by atoms with van der Waals surface area (Å²) in [5.41, 5.74) is 2.34. The van der Waals surface area contributed by atoms with E-state index < -0.39 is 0 Å². The number of hydrogen-bond acceptors (Lipinski definition) is 3. The standard InChI is InChI=1S/C16H11FN2O/c1-10(20)13-9-19-14-6-5-11(17)8-12(14)16(13)15-4-2-3-7-18-15/h2-9H,1H3. The zero-order valence-electron chi connectivity index (χ0n) is 10.8. The number of pyridine rings is 2. The number of carbonyl (C=O) groups is 1. The van der Waals surface area contributed by atoms with Gasteiger partial charge in [0.05, 0.1) is 11.2 Å². The van der Waals surface area contributed by atoms with Gasteiger partial charge in [0.25, 0.3) is 0 Å². The molecule has 0 atom stereocenters. The van der Waals surface area contributed by atoms with Gasteiger partial charge in [-0.25, -0.2) is 4.39 Å². The van der Waals surface area contributed by atoms with Gasteiger partial charge in [-0.1, -0.05) is 6.07 Å². The van der Waals surface area contributed by atoms with Gasteiger partial charge in [-0.05, 0) is 37.3 Å². The van der Waals surface area contributed by atoms with Crippen LogP contribution in [-0.4, -0.2) is 15.8 Å². The lowest BCUT2D eigenvalue weighted by molar-refractivity contribution is 0.101. The van der Waals surface area contributed by atoms with Crippen LogP contribution in [0.25, 0.3) is 22.2 Å². The van der Waals surface area contributed by atoms with Crippen molar-refractivity contribution < 1.29 is 9.18 Å². The van der Waals surface area contributed by atoms with E-state index in [1.807, 2.05) is 6.07 Å². The van der Waals surface area contributed by atoms with E-state index in [1.54, 1.807) is 24.4 Å². The molecule has 1 aromatic carbocycles. The Hall–Kier alpha value is -2.62. The number of Topliss-reactive ketones (excluding diaryl/α,β-unsaturated/α-hetero) is 1. The lowest BCUT2D eigenvalue weighted by Gasteiger charge is -2.10. The highest BCUT2D eigenvalue weighted by Gasteiger charge is 2.15. The van der Waals surface area contributed by atoms with Gasteiger partial charge in [0, 0.05) is 28.9 Å². The van der Waals surface area contributed by atoms with Crippen molar-refractivity contribution in [3.63, 3.8) is 0 Å². The van der Waals surface area contributed by atoms with E-state index in [1.165, 1.54) is 25.3 Å². The molecule has 0 aliphatic carbocycles. The van der Waals surface area contributed by atoms with Crippen molar-refractivity contribution in [2.75, 3.05) is 0 Å². The summed E-state index contributed by atoms with van der Waals surface area (Å²) in [6, 6.07) is 9.76. The van der Waals surface area contributed by atoms with Crippen LogP contribution >= 0.6 is 0 Å². The Morgan fingerprint density at radius 1 is 1.15 bits per heavy atom. The molecule has 0 saturated carbocycles. The van der Waals surface area contributed by atoms with Crippen molar-refractivity contribution in [3.8, 4) is 11.3 Å². The SMILES string of the molecule is CC(=O)c1cnc2ccc(F)cc2c1-c1ccccn1. The zero-order valence-corrected chi connectivity index (χ0v) is 10.8. The van der Waals surface area contributed by atoms with E-state index in [4.69, 9.17) is 0 Å². The molecular weight excluding hydrogens is 255 g/mol. The number of fused-ring (bicyclic) bond motifs is 1. The minimum Gasteiger partial charge on any atom is -0.294 e. The second-order valence-electron chi connectivity index (χ2n) is 4.48. The summed E-state index contributed by atoms with van der Waals surface area (Å²) in [7, 11) is 0. The molecule has 0 aliphatic heterocycles. The molecule has 2 heterocycles. The van der Waals surface area contributed by atoms with E-state index in [0.29, 0.717) is 27.7 Å². The van der Waals surface area contributed by atoms with E-state index >= 15 is 0 Å². The maximum Gasteiger partial charge on any atom is 0.162 e. The minimum atomic E-state index is -0.364. The molecule has 0 amide bonds. The molecule has 0 bridgehead atoms. The smallest absolute Gasteiger partial charge is 0.162 e. The third kappa shape index (κ3) is 2.05. The monoisotopic (exact) mass is 266 g/mol. The molecule has 0 aliphatic rings. The van der Waals surface area contributed by atoms with Gasteiger partial charge in [0.15, 0.2) is 5.78 Å². The number of hydrogen-bond donors (Lipinski definition) is 0. The van der Waals surface area contributed by atoms with Crippen LogP contribution in [0.1, 0.15) is 17.3 Å². The molecule has 3 nitrogen and oxygen atoms in total. The van der Waals surface area contributed by atoms with Crippen LogP contribution in [0, 0.1) is 5.82 Å². The van der Waals surface area contributed by atoms with Crippen molar-refractivity contribution in [2.24, 2.45) is 0 Å². The molecule has 0 spiro atoms. The maximum absolute atomic E-state index is 13.5. The van der Waals surface area contributed by atoms with E-state index in [9.17, 15) is 9.18 Å². The predicted octanol–water partition coefficient (Wildman–Crippen LogP) is 3.64. The van der Waals surface area contributed by atoms with Crippen molar-refractivity contribution in [3.05, 3.63) is 60.2 Å².